The fourth-order valence-corrected chi connectivity index (χ4v) is 10.4. The van der Waals surface area contributed by atoms with Gasteiger partial charge in [-0.15, -0.1) is 0 Å². The minimum Gasteiger partial charge on any atom is -0.462 e. The molecule has 1 atom stereocenters. The summed E-state index contributed by atoms with van der Waals surface area (Å²) >= 11 is 0. The summed E-state index contributed by atoms with van der Waals surface area (Å²) < 4.78 is 17.0. The van der Waals surface area contributed by atoms with E-state index in [4.69, 9.17) is 14.2 Å². The molecule has 0 aromatic rings. The Morgan fingerprint density at radius 1 is 0.257 bits per heavy atom. The second kappa shape index (κ2) is 63.7. The van der Waals surface area contributed by atoms with E-state index in [-0.39, 0.29) is 31.1 Å². The van der Waals surface area contributed by atoms with Crippen LogP contribution in [0.2, 0.25) is 0 Å². The molecule has 74 heavy (non-hydrogen) atoms. The zero-order valence-electron chi connectivity index (χ0n) is 50.4. The van der Waals surface area contributed by atoms with Crippen LogP contribution in [0, 0.1) is 0 Å². The molecule has 0 aliphatic heterocycles. The second-order valence-corrected chi connectivity index (χ2v) is 23.1. The average molecular weight is 1040 g/mol. The van der Waals surface area contributed by atoms with Gasteiger partial charge in [0, 0.05) is 19.3 Å². The molecule has 0 saturated carbocycles. The van der Waals surface area contributed by atoms with E-state index in [1.165, 1.54) is 283 Å². The lowest BCUT2D eigenvalue weighted by Gasteiger charge is -2.18. The van der Waals surface area contributed by atoms with Gasteiger partial charge in [0.2, 0.25) is 0 Å². The predicted octanol–water partition coefficient (Wildman–Crippen LogP) is 22.8. The molecule has 0 aromatic heterocycles. The zero-order chi connectivity index (χ0) is 53.6. The molecule has 0 N–H and O–H groups in total. The van der Waals surface area contributed by atoms with Crippen LogP contribution in [-0.2, 0) is 28.6 Å². The molecule has 0 fully saturated rings. The number of allylic oxidation sites excluding steroid dienone is 2. The number of hydrogen-bond acceptors (Lipinski definition) is 6. The molecule has 0 aliphatic rings. The van der Waals surface area contributed by atoms with Gasteiger partial charge in [0.05, 0.1) is 0 Å². The van der Waals surface area contributed by atoms with Gasteiger partial charge in [-0.25, -0.2) is 0 Å². The average Bonchev–Trinajstić information content (AvgIpc) is 3.40. The van der Waals surface area contributed by atoms with Gasteiger partial charge in [-0.1, -0.05) is 335 Å². The number of esters is 3. The summed E-state index contributed by atoms with van der Waals surface area (Å²) in [4.78, 5) is 38.3. The van der Waals surface area contributed by atoms with Crippen molar-refractivity contribution in [3.63, 3.8) is 0 Å². The Bertz CT molecular complexity index is 1150. The van der Waals surface area contributed by atoms with E-state index in [9.17, 15) is 14.4 Å². The molecular weight excluding hydrogens is 913 g/mol. The first-order chi connectivity index (χ1) is 36.5. The molecule has 6 heteroatoms. The second-order valence-electron chi connectivity index (χ2n) is 23.1. The number of carbonyl (C=O) groups is 3. The molecule has 438 valence electrons. The third kappa shape index (κ3) is 61.0. The Hall–Kier alpha value is -1.85. The van der Waals surface area contributed by atoms with Crippen LogP contribution in [-0.4, -0.2) is 37.2 Å². The molecule has 0 heterocycles. The summed E-state index contributed by atoms with van der Waals surface area (Å²) in [5.74, 6) is -0.843. The van der Waals surface area contributed by atoms with E-state index in [2.05, 4.69) is 32.9 Å². The normalized spacial score (nSPS) is 12.0. The van der Waals surface area contributed by atoms with Crippen LogP contribution in [0.1, 0.15) is 387 Å². The van der Waals surface area contributed by atoms with E-state index < -0.39 is 6.10 Å². The van der Waals surface area contributed by atoms with Crippen LogP contribution >= 0.6 is 0 Å². The molecule has 0 radical (unpaired) electrons. The molecule has 0 rings (SSSR count). The Balaban J connectivity index is 4.19. The van der Waals surface area contributed by atoms with E-state index in [1.807, 2.05) is 0 Å². The lowest BCUT2D eigenvalue weighted by Crippen LogP contribution is -2.30. The zero-order valence-corrected chi connectivity index (χ0v) is 50.4. The summed E-state index contributed by atoms with van der Waals surface area (Å²) in [5, 5.41) is 0. The van der Waals surface area contributed by atoms with Gasteiger partial charge in [0.25, 0.3) is 0 Å². The van der Waals surface area contributed by atoms with Crippen LogP contribution in [0.5, 0.6) is 0 Å². The lowest BCUT2D eigenvalue weighted by molar-refractivity contribution is -0.167. The van der Waals surface area contributed by atoms with Gasteiger partial charge in [-0.3, -0.25) is 14.4 Å². The summed E-state index contributed by atoms with van der Waals surface area (Å²) in [7, 11) is 0. The van der Waals surface area contributed by atoms with Crippen molar-refractivity contribution in [3.05, 3.63) is 12.2 Å². The molecule has 6 nitrogen and oxygen atoms in total. The third-order valence-electron chi connectivity index (χ3n) is 15.5. The number of rotatable bonds is 63. The maximum Gasteiger partial charge on any atom is 0.306 e. The standard InChI is InChI=1S/C68H130O6/c1-4-7-10-13-16-19-22-25-28-30-31-32-33-34-35-36-37-38-39-41-43-46-49-52-55-58-61-67(70)73-64-65(63-72-66(69)60-57-54-51-48-45-42-27-24-21-18-15-12-9-6-3)74-68(71)62-59-56-53-50-47-44-40-29-26-23-20-17-14-11-8-5-2/h24,27,65H,4-23,25-26,28-64H2,1-3H3/b27-24-. The first-order valence-corrected chi connectivity index (χ1v) is 33.7. The summed E-state index contributed by atoms with van der Waals surface area (Å²) in [6.07, 6.45) is 75.2. The minimum atomic E-state index is -0.769. The first-order valence-electron chi connectivity index (χ1n) is 33.7. The third-order valence-corrected chi connectivity index (χ3v) is 15.5. The van der Waals surface area contributed by atoms with Crippen LogP contribution in [0.4, 0.5) is 0 Å². The molecule has 0 aliphatic carbocycles. The van der Waals surface area contributed by atoms with Crippen molar-refractivity contribution in [3.8, 4) is 0 Å². The number of ether oxygens (including phenoxy) is 3. The van der Waals surface area contributed by atoms with Crippen molar-refractivity contribution in [2.45, 2.75) is 393 Å². The fourth-order valence-electron chi connectivity index (χ4n) is 10.4. The maximum atomic E-state index is 12.9. The van der Waals surface area contributed by atoms with Crippen molar-refractivity contribution in [1.82, 2.24) is 0 Å². The van der Waals surface area contributed by atoms with Gasteiger partial charge in [-0.05, 0) is 44.9 Å². The molecule has 0 spiro atoms. The Morgan fingerprint density at radius 3 is 0.676 bits per heavy atom. The highest BCUT2D eigenvalue weighted by Crippen LogP contribution is 2.19. The van der Waals surface area contributed by atoms with Gasteiger partial charge < -0.3 is 14.2 Å². The molecule has 0 amide bonds. The van der Waals surface area contributed by atoms with E-state index in [0.29, 0.717) is 19.3 Å². The summed E-state index contributed by atoms with van der Waals surface area (Å²) in [5.41, 5.74) is 0. The van der Waals surface area contributed by atoms with E-state index >= 15 is 0 Å². The van der Waals surface area contributed by atoms with Crippen molar-refractivity contribution < 1.29 is 28.6 Å². The minimum absolute atomic E-state index is 0.0659. The number of carbonyl (C=O) groups excluding carboxylic acids is 3. The highest BCUT2D eigenvalue weighted by molar-refractivity contribution is 5.71. The molecule has 0 saturated heterocycles. The van der Waals surface area contributed by atoms with Crippen LogP contribution in [0.3, 0.4) is 0 Å². The molecule has 1 unspecified atom stereocenters. The Morgan fingerprint density at radius 2 is 0.446 bits per heavy atom. The quantitative estimate of drug-likeness (QED) is 0.0261. The van der Waals surface area contributed by atoms with Crippen LogP contribution in [0.25, 0.3) is 0 Å². The molecular formula is C68H130O6. The largest absolute Gasteiger partial charge is 0.462 e. The summed E-state index contributed by atoms with van der Waals surface area (Å²) in [6, 6.07) is 0. The molecule has 0 aromatic carbocycles. The highest BCUT2D eigenvalue weighted by atomic mass is 16.6. The Labute approximate surface area is 462 Å². The van der Waals surface area contributed by atoms with Gasteiger partial charge in [-0.2, -0.15) is 0 Å². The van der Waals surface area contributed by atoms with Crippen molar-refractivity contribution in [2.75, 3.05) is 13.2 Å². The Kier molecular flexibility index (Phi) is 62.1. The van der Waals surface area contributed by atoms with E-state index in [0.717, 1.165) is 64.2 Å². The maximum absolute atomic E-state index is 12.9. The van der Waals surface area contributed by atoms with Gasteiger partial charge in [0.1, 0.15) is 13.2 Å². The van der Waals surface area contributed by atoms with Crippen LogP contribution < -0.4 is 0 Å². The highest BCUT2D eigenvalue weighted by Gasteiger charge is 2.19. The SMILES string of the molecule is CCCCCCC/C=C\CCCCCCCC(=O)OCC(COC(=O)CCCCCCCCCCCCCCCCCCCCCCCCCCCC)OC(=O)CCCCCCCCCCCCCCCCCC. The molecule has 0 bridgehead atoms. The monoisotopic (exact) mass is 1040 g/mol. The fraction of sp³-hybridized carbons (Fsp3) is 0.926. The number of hydrogen-bond donors (Lipinski definition) is 0. The van der Waals surface area contributed by atoms with E-state index in [1.54, 1.807) is 0 Å². The predicted molar refractivity (Wildman–Crippen MR) is 321 cm³/mol. The number of unbranched alkanes of at least 4 members (excludes halogenated alkanes) is 50. The topological polar surface area (TPSA) is 78.9 Å². The van der Waals surface area contributed by atoms with Crippen molar-refractivity contribution in [1.29, 1.82) is 0 Å². The summed E-state index contributed by atoms with van der Waals surface area (Å²) in [6.45, 7) is 6.71. The smallest absolute Gasteiger partial charge is 0.306 e. The lowest BCUT2D eigenvalue weighted by atomic mass is 10.0. The first kappa shape index (κ1) is 72.2. The van der Waals surface area contributed by atoms with Gasteiger partial charge >= 0.3 is 17.9 Å². The van der Waals surface area contributed by atoms with Crippen LogP contribution in [0.15, 0.2) is 12.2 Å². The van der Waals surface area contributed by atoms with Crippen molar-refractivity contribution in [2.24, 2.45) is 0 Å². The van der Waals surface area contributed by atoms with Gasteiger partial charge in [0.15, 0.2) is 6.10 Å². The van der Waals surface area contributed by atoms with Crippen molar-refractivity contribution >= 4 is 17.9 Å².